The molecule has 0 spiro atoms. The molecule has 0 bridgehead atoms. The van der Waals surface area contributed by atoms with Crippen molar-refractivity contribution in [3.63, 3.8) is 0 Å². The number of carbonyl (C=O) groups is 1. The molecule has 1 aromatic carbocycles. The minimum Gasteiger partial charge on any atom is -0.406 e. The molecule has 2 fully saturated rings. The van der Waals surface area contributed by atoms with Crippen LogP contribution in [0.4, 0.5) is 13.2 Å². The van der Waals surface area contributed by atoms with Gasteiger partial charge >= 0.3 is 6.36 Å². The molecule has 7 heteroatoms. The first-order valence-corrected chi connectivity index (χ1v) is 8.75. The van der Waals surface area contributed by atoms with Crippen molar-refractivity contribution in [1.29, 1.82) is 0 Å². The number of hydrogen-bond acceptors (Lipinski definition) is 3. The summed E-state index contributed by atoms with van der Waals surface area (Å²) < 4.78 is 40.3. The summed E-state index contributed by atoms with van der Waals surface area (Å²) in [6.45, 7) is 2.55. The molecule has 1 aromatic rings. The lowest BCUT2D eigenvalue weighted by molar-refractivity contribution is -0.274. The highest BCUT2D eigenvalue weighted by molar-refractivity contribution is 5.78. The maximum Gasteiger partial charge on any atom is 0.573 e. The topological polar surface area (TPSA) is 41.6 Å². The van der Waals surface area contributed by atoms with Gasteiger partial charge in [0.05, 0.1) is 6.42 Å². The summed E-state index contributed by atoms with van der Waals surface area (Å²) in [5.41, 5.74) is 0.688. The Kier molecular flexibility index (Phi) is 5.51. The van der Waals surface area contributed by atoms with Crippen LogP contribution in [0, 0.1) is 5.92 Å². The molecular formula is C18H23F3N2O2. The highest BCUT2D eigenvalue weighted by Crippen LogP contribution is 2.28. The number of alkyl halides is 3. The third-order valence-corrected chi connectivity index (χ3v) is 4.75. The summed E-state index contributed by atoms with van der Waals surface area (Å²) in [6, 6.07) is 5.98. The van der Waals surface area contributed by atoms with Crippen LogP contribution in [0.15, 0.2) is 24.3 Å². The third kappa shape index (κ3) is 5.92. The molecule has 0 unspecified atom stereocenters. The van der Waals surface area contributed by atoms with Gasteiger partial charge in [-0.3, -0.25) is 4.79 Å². The van der Waals surface area contributed by atoms with Gasteiger partial charge < -0.3 is 15.0 Å². The molecule has 138 valence electrons. The molecule has 1 aliphatic carbocycles. The van der Waals surface area contributed by atoms with Crippen LogP contribution in [0.1, 0.15) is 31.2 Å². The van der Waals surface area contributed by atoms with E-state index in [2.05, 4.69) is 10.1 Å². The molecule has 25 heavy (non-hydrogen) atoms. The molecule has 1 N–H and O–H groups in total. The number of nitrogens with one attached hydrogen (secondary N) is 1. The zero-order valence-electron chi connectivity index (χ0n) is 14.0. The van der Waals surface area contributed by atoms with Crippen LogP contribution < -0.4 is 10.1 Å². The van der Waals surface area contributed by atoms with E-state index in [9.17, 15) is 18.0 Å². The van der Waals surface area contributed by atoms with Gasteiger partial charge in [0.15, 0.2) is 0 Å². The Morgan fingerprint density at radius 2 is 1.76 bits per heavy atom. The predicted molar refractivity (Wildman–Crippen MR) is 87.2 cm³/mol. The molecule has 0 radical (unpaired) electrons. The largest absolute Gasteiger partial charge is 0.573 e. The van der Waals surface area contributed by atoms with E-state index in [0.29, 0.717) is 11.6 Å². The Bertz CT molecular complexity index is 577. The summed E-state index contributed by atoms with van der Waals surface area (Å²) >= 11 is 0. The fourth-order valence-electron chi connectivity index (χ4n) is 3.08. The molecule has 3 rings (SSSR count). The maximum atomic E-state index is 12.4. The van der Waals surface area contributed by atoms with E-state index in [1.807, 2.05) is 4.90 Å². The smallest absolute Gasteiger partial charge is 0.406 e. The number of benzene rings is 1. The van der Waals surface area contributed by atoms with Gasteiger partial charge in [0.2, 0.25) is 5.91 Å². The van der Waals surface area contributed by atoms with Crippen LogP contribution >= 0.6 is 0 Å². The number of halogens is 3. The summed E-state index contributed by atoms with van der Waals surface area (Å²) in [5, 5.41) is 3.57. The standard InChI is InChI=1S/C18H23F3N2O2/c19-18(20,21)25-16-5-3-13(4-6-16)11-17(24)23-9-7-15(8-10-23)22-12-14-1-2-14/h3-6,14-15,22H,1-2,7-12H2. The molecule has 1 aliphatic heterocycles. The zero-order chi connectivity index (χ0) is 17.9. The van der Waals surface area contributed by atoms with Crippen LogP contribution in [0.5, 0.6) is 5.75 Å². The highest BCUT2D eigenvalue weighted by atomic mass is 19.4. The van der Waals surface area contributed by atoms with Crippen molar-refractivity contribution >= 4 is 5.91 Å². The Morgan fingerprint density at radius 3 is 2.32 bits per heavy atom. The molecule has 2 aliphatic rings. The van der Waals surface area contributed by atoms with Gasteiger partial charge in [-0.15, -0.1) is 13.2 Å². The number of likely N-dealkylation sites (tertiary alicyclic amines) is 1. The fraction of sp³-hybridized carbons (Fsp3) is 0.611. The average molecular weight is 356 g/mol. The minimum atomic E-state index is -4.70. The third-order valence-electron chi connectivity index (χ3n) is 4.75. The van der Waals surface area contributed by atoms with Gasteiger partial charge in [0, 0.05) is 19.1 Å². The number of rotatable bonds is 6. The maximum absolute atomic E-state index is 12.4. The number of nitrogens with zero attached hydrogens (tertiary/aromatic N) is 1. The number of hydrogen-bond donors (Lipinski definition) is 1. The van der Waals surface area contributed by atoms with Crippen molar-refractivity contribution in [2.24, 2.45) is 5.92 Å². The van der Waals surface area contributed by atoms with E-state index in [0.717, 1.165) is 38.4 Å². The van der Waals surface area contributed by atoms with Gasteiger partial charge in [0.25, 0.3) is 0 Å². The molecule has 1 heterocycles. The Morgan fingerprint density at radius 1 is 1.12 bits per heavy atom. The predicted octanol–water partition coefficient (Wildman–Crippen LogP) is 3.12. The van der Waals surface area contributed by atoms with Crippen molar-refractivity contribution < 1.29 is 22.7 Å². The number of amides is 1. The second-order valence-electron chi connectivity index (χ2n) is 6.88. The average Bonchev–Trinajstić information content (AvgIpc) is 3.38. The normalized spacial score (nSPS) is 19.1. The van der Waals surface area contributed by atoms with Crippen molar-refractivity contribution in [2.45, 2.75) is 44.5 Å². The second kappa shape index (κ2) is 7.64. The summed E-state index contributed by atoms with van der Waals surface area (Å²) in [7, 11) is 0. The molecule has 1 amide bonds. The number of piperidine rings is 1. The highest BCUT2D eigenvalue weighted by Gasteiger charge is 2.31. The van der Waals surface area contributed by atoms with Crippen molar-refractivity contribution in [3.8, 4) is 5.75 Å². The van der Waals surface area contributed by atoms with E-state index in [1.165, 1.54) is 37.1 Å². The van der Waals surface area contributed by atoms with E-state index in [4.69, 9.17) is 0 Å². The molecular weight excluding hydrogens is 333 g/mol. The molecule has 0 atom stereocenters. The molecule has 4 nitrogen and oxygen atoms in total. The number of carbonyl (C=O) groups excluding carboxylic acids is 1. The lowest BCUT2D eigenvalue weighted by Crippen LogP contribution is -2.45. The van der Waals surface area contributed by atoms with E-state index >= 15 is 0 Å². The van der Waals surface area contributed by atoms with Crippen molar-refractivity contribution in [3.05, 3.63) is 29.8 Å². The minimum absolute atomic E-state index is 0.0186. The first-order valence-electron chi connectivity index (χ1n) is 8.75. The van der Waals surface area contributed by atoms with Crippen molar-refractivity contribution in [2.75, 3.05) is 19.6 Å². The number of ether oxygens (including phenoxy) is 1. The SMILES string of the molecule is O=C(Cc1ccc(OC(F)(F)F)cc1)N1CCC(NCC2CC2)CC1. The Hall–Kier alpha value is -1.76. The van der Waals surface area contributed by atoms with E-state index < -0.39 is 6.36 Å². The van der Waals surface area contributed by atoms with Crippen LogP contribution in [-0.4, -0.2) is 42.8 Å². The first kappa shape index (κ1) is 18.0. The zero-order valence-corrected chi connectivity index (χ0v) is 14.0. The van der Waals surface area contributed by atoms with Crippen molar-refractivity contribution in [1.82, 2.24) is 10.2 Å². The molecule has 0 aromatic heterocycles. The molecule has 1 saturated heterocycles. The van der Waals surface area contributed by atoms with Crippen LogP contribution in [0.3, 0.4) is 0 Å². The van der Waals surface area contributed by atoms with Crippen LogP contribution in [-0.2, 0) is 11.2 Å². The van der Waals surface area contributed by atoms with Crippen LogP contribution in [0.2, 0.25) is 0 Å². The van der Waals surface area contributed by atoms with Gasteiger partial charge in [-0.25, -0.2) is 0 Å². The summed E-state index contributed by atoms with van der Waals surface area (Å²) in [5.74, 6) is 0.598. The van der Waals surface area contributed by atoms with Gasteiger partial charge in [-0.2, -0.15) is 0 Å². The summed E-state index contributed by atoms with van der Waals surface area (Å²) in [6.07, 6.45) is 0.0730. The van der Waals surface area contributed by atoms with E-state index in [-0.39, 0.29) is 18.1 Å². The Balaban J connectivity index is 1.42. The summed E-state index contributed by atoms with van der Waals surface area (Å²) in [4.78, 5) is 14.2. The molecule has 1 saturated carbocycles. The lowest BCUT2D eigenvalue weighted by atomic mass is 10.0. The van der Waals surface area contributed by atoms with Crippen LogP contribution in [0.25, 0.3) is 0 Å². The first-order chi connectivity index (χ1) is 11.9. The monoisotopic (exact) mass is 356 g/mol. The fourth-order valence-corrected chi connectivity index (χ4v) is 3.08. The van der Waals surface area contributed by atoms with Gasteiger partial charge in [-0.05, 0) is 55.8 Å². The quantitative estimate of drug-likeness (QED) is 0.852. The Labute approximate surface area is 145 Å². The lowest BCUT2D eigenvalue weighted by Gasteiger charge is -2.32. The van der Waals surface area contributed by atoms with Gasteiger partial charge in [-0.1, -0.05) is 12.1 Å². The second-order valence-corrected chi connectivity index (χ2v) is 6.88. The van der Waals surface area contributed by atoms with Gasteiger partial charge in [0.1, 0.15) is 5.75 Å². The van der Waals surface area contributed by atoms with E-state index in [1.54, 1.807) is 0 Å².